The highest BCUT2D eigenvalue weighted by Gasteiger charge is 2.16. The lowest BCUT2D eigenvalue weighted by molar-refractivity contribution is -0.119. The monoisotopic (exact) mass is 392 g/mol. The molecule has 1 aliphatic carbocycles. The van der Waals surface area contributed by atoms with E-state index >= 15 is 0 Å². The van der Waals surface area contributed by atoms with E-state index in [2.05, 4.69) is 15.5 Å². The molecule has 7 heteroatoms. The lowest BCUT2D eigenvalue weighted by atomic mass is 9.97. The Hall–Kier alpha value is -1.53. The number of thioether (sulfide) groups is 1. The topological polar surface area (TPSA) is 59.8 Å². The number of aromatic nitrogens is 3. The number of halogens is 1. The van der Waals surface area contributed by atoms with Gasteiger partial charge in [0.25, 0.3) is 0 Å². The average Bonchev–Trinajstić information content (AvgIpc) is 2.97. The van der Waals surface area contributed by atoms with Crippen molar-refractivity contribution < 1.29 is 4.79 Å². The van der Waals surface area contributed by atoms with Crippen molar-refractivity contribution in [2.75, 3.05) is 5.75 Å². The average molecular weight is 393 g/mol. The van der Waals surface area contributed by atoms with Crippen molar-refractivity contribution in [2.24, 2.45) is 7.05 Å². The van der Waals surface area contributed by atoms with Gasteiger partial charge < -0.3 is 9.88 Å². The van der Waals surface area contributed by atoms with Gasteiger partial charge in [0.1, 0.15) is 0 Å². The van der Waals surface area contributed by atoms with E-state index < -0.39 is 0 Å². The molecule has 2 aromatic rings. The Morgan fingerprint density at radius 1 is 1.15 bits per heavy atom. The molecular formula is C19H25ClN4OS. The van der Waals surface area contributed by atoms with E-state index in [1.54, 1.807) is 0 Å². The molecule has 1 amide bonds. The van der Waals surface area contributed by atoms with Gasteiger partial charge in [0, 0.05) is 23.7 Å². The lowest BCUT2D eigenvalue weighted by Gasteiger charge is -2.20. The molecule has 1 saturated carbocycles. The van der Waals surface area contributed by atoms with E-state index in [4.69, 9.17) is 11.6 Å². The Morgan fingerprint density at radius 3 is 2.50 bits per heavy atom. The van der Waals surface area contributed by atoms with Gasteiger partial charge in [-0.2, -0.15) is 0 Å². The van der Waals surface area contributed by atoms with Gasteiger partial charge in [-0.05, 0) is 37.1 Å². The van der Waals surface area contributed by atoms with E-state index in [9.17, 15) is 4.79 Å². The molecule has 1 aliphatic rings. The molecule has 1 heterocycles. The minimum Gasteiger partial charge on any atom is -0.353 e. The Morgan fingerprint density at radius 2 is 1.81 bits per heavy atom. The maximum Gasteiger partial charge on any atom is 0.230 e. The Kier molecular flexibility index (Phi) is 6.97. The largest absolute Gasteiger partial charge is 0.353 e. The second-order valence-electron chi connectivity index (χ2n) is 6.77. The third kappa shape index (κ3) is 5.24. The van der Waals surface area contributed by atoms with Gasteiger partial charge in [0.2, 0.25) is 5.91 Å². The molecule has 3 rings (SSSR count). The number of amides is 1. The number of hydrogen-bond donors (Lipinski definition) is 1. The smallest absolute Gasteiger partial charge is 0.230 e. The highest BCUT2D eigenvalue weighted by Crippen LogP contribution is 2.24. The van der Waals surface area contributed by atoms with Gasteiger partial charge in [-0.3, -0.25) is 4.79 Å². The fourth-order valence-corrected chi connectivity index (χ4v) is 4.14. The molecule has 5 nitrogen and oxygen atoms in total. The van der Waals surface area contributed by atoms with Crippen LogP contribution in [0.5, 0.6) is 0 Å². The number of benzene rings is 1. The molecular weight excluding hydrogens is 368 g/mol. The maximum absolute atomic E-state index is 12.3. The summed E-state index contributed by atoms with van der Waals surface area (Å²) in [5.74, 6) is 1.21. The molecule has 1 aromatic carbocycles. The number of nitrogens with one attached hydrogen (secondary N) is 1. The second kappa shape index (κ2) is 9.42. The molecule has 0 saturated heterocycles. The molecule has 26 heavy (non-hydrogen) atoms. The van der Waals surface area contributed by atoms with Crippen LogP contribution in [0.1, 0.15) is 44.9 Å². The summed E-state index contributed by atoms with van der Waals surface area (Å²) in [6.45, 7) is 0. The molecule has 1 N–H and O–H groups in total. The second-order valence-corrected chi connectivity index (χ2v) is 8.15. The van der Waals surface area contributed by atoms with Crippen LogP contribution in [-0.2, 0) is 11.8 Å². The van der Waals surface area contributed by atoms with Crippen molar-refractivity contribution in [3.05, 3.63) is 29.3 Å². The standard InChI is InChI=1S/C19H25ClN4OS/c1-24-18(14-9-11-15(20)12-10-14)22-23-19(24)26-13-17(25)21-16-7-5-3-2-4-6-8-16/h9-12,16H,2-8,13H2,1H3,(H,21,25). The summed E-state index contributed by atoms with van der Waals surface area (Å²) < 4.78 is 1.91. The van der Waals surface area contributed by atoms with Crippen LogP contribution in [-0.4, -0.2) is 32.5 Å². The Labute approximate surface area is 163 Å². The zero-order chi connectivity index (χ0) is 18.4. The predicted octanol–water partition coefficient (Wildman–Crippen LogP) is 4.46. The van der Waals surface area contributed by atoms with E-state index in [1.165, 1.54) is 43.9 Å². The van der Waals surface area contributed by atoms with Crippen LogP contribution >= 0.6 is 23.4 Å². The van der Waals surface area contributed by atoms with Gasteiger partial charge >= 0.3 is 0 Å². The fourth-order valence-electron chi connectivity index (χ4n) is 3.29. The highest BCUT2D eigenvalue weighted by atomic mass is 35.5. The molecule has 1 aromatic heterocycles. The first-order chi connectivity index (χ1) is 12.6. The summed E-state index contributed by atoms with van der Waals surface area (Å²) in [6.07, 6.45) is 8.53. The minimum absolute atomic E-state index is 0.0802. The molecule has 0 atom stereocenters. The molecule has 1 fully saturated rings. The van der Waals surface area contributed by atoms with Crippen molar-refractivity contribution in [1.29, 1.82) is 0 Å². The van der Waals surface area contributed by atoms with E-state index in [1.807, 2.05) is 35.9 Å². The summed E-state index contributed by atoms with van der Waals surface area (Å²) >= 11 is 7.36. The fraction of sp³-hybridized carbons (Fsp3) is 0.526. The normalized spacial score (nSPS) is 16.1. The van der Waals surface area contributed by atoms with Gasteiger partial charge in [-0.1, -0.05) is 55.5 Å². The van der Waals surface area contributed by atoms with Gasteiger partial charge in [0.15, 0.2) is 11.0 Å². The van der Waals surface area contributed by atoms with Crippen LogP contribution in [0.2, 0.25) is 5.02 Å². The Balaban J connectivity index is 1.54. The summed E-state index contributed by atoms with van der Waals surface area (Å²) in [7, 11) is 1.92. The van der Waals surface area contributed by atoms with Crippen molar-refractivity contribution in [3.8, 4) is 11.4 Å². The first kappa shape index (κ1) is 19.2. The van der Waals surface area contributed by atoms with Crippen molar-refractivity contribution in [2.45, 2.75) is 56.1 Å². The number of carbonyl (C=O) groups is 1. The molecule has 0 spiro atoms. The van der Waals surface area contributed by atoms with E-state index in [0.717, 1.165) is 29.4 Å². The molecule has 140 valence electrons. The molecule has 0 aliphatic heterocycles. The van der Waals surface area contributed by atoms with Crippen molar-refractivity contribution >= 4 is 29.3 Å². The molecule has 0 unspecified atom stereocenters. The first-order valence-electron chi connectivity index (χ1n) is 9.21. The third-order valence-electron chi connectivity index (χ3n) is 4.74. The van der Waals surface area contributed by atoms with Crippen LogP contribution in [0.25, 0.3) is 11.4 Å². The predicted molar refractivity (Wildman–Crippen MR) is 106 cm³/mol. The summed E-state index contributed by atoms with van der Waals surface area (Å²) in [5.41, 5.74) is 0.954. The van der Waals surface area contributed by atoms with Crippen molar-refractivity contribution in [3.63, 3.8) is 0 Å². The van der Waals surface area contributed by atoms with Crippen molar-refractivity contribution in [1.82, 2.24) is 20.1 Å². The zero-order valence-corrected chi connectivity index (χ0v) is 16.7. The van der Waals surface area contributed by atoms with Crippen LogP contribution in [0, 0.1) is 0 Å². The summed E-state index contributed by atoms with van der Waals surface area (Å²) in [4.78, 5) is 12.3. The summed E-state index contributed by atoms with van der Waals surface area (Å²) in [6, 6.07) is 7.83. The molecule has 0 radical (unpaired) electrons. The van der Waals surface area contributed by atoms with Crippen LogP contribution < -0.4 is 5.32 Å². The lowest BCUT2D eigenvalue weighted by Crippen LogP contribution is -2.36. The number of nitrogens with zero attached hydrogens (tertiary/aromatic N) is 3. The number of rotatable bonds is 5. The van der Waals surface area contributed by atoms with E-state index in [0.29, 0.717) is 16.8 Å². The van der Waals surface area contributed by atoms with Crippen LogP contribution in [0.15, 0.2) is 29.4 Å². The maximum atomic E-state index is 12.3. The van der Waals surface area contributed by atoms with Crippen LogP contribution in [0.3, 0.4) is 0 Å². The highest BCUT2D eigenvalue weighted by molar-refractivity contribution is 7.99. The van der Waals surface area contributed by atoms with Gasteiger partial charge in [-0.25, -0.2) is 0 Å². The van der Waals surface area contributed by atoms with Gasteiger partial charge in [0.05, 0.1) is 5.75 Å². The van der Waals surface area contributed by atoms with Gasteiger partial charge in [-0.15, -0.1) is 10.2 Å². The Bertz CT molecular complexity index is 724. The SMILES string of the molecule is Cn1c(SCC(=O)NC2CCCCCCC2)nnc1-c1ccc(Cl)cc1. The first-order valence-corrected chi connectivity index (χ1v) is 10.6. The minimum atomic E-state index is 0.0802. The third-order valence-corrected chi connectivity index (χ3v) is 6.01. The number of carbonyl (C=O) groups excluding carboxylic acids is 1. The summed E-state index contributed by atoms with van der Waals surface area (Å²) in [5, 5.41) is 13.1. The number of hydrogen-bond acceptors (Lipinski definition) is 4. The van der Waals surface area contributed by atoms with E-state index in [-0.39, 0.29) is 5.91 Å². The molecule has 0 bridgehead atoms. The zero-order valence-electron chi connectivity index (χ0n) is 15.1. The van der Waals surface area contributed by atoms with Crippen LogP contribution in [0.4, 0.5) is 0 Å². The quantitative estimate of drug-likeness (QED) is 0.763.